The summed E-state index contributed by atoms with van der Waals surface area (Å²) < 4.78 is 0. The number of carbonyl (C=O) groups excluding carboxylic acids is 1. The second-order valence-corrected chi connectivity index (χ2v) is 6.49. The molecule has 1 N–H and O–H groups in total. The minimum Gasteiger partial charge on any atom is -0.352 e. The van der Waals surface area contributed by atoms with E-state index >= 15 is 0 Å². The second kappa shape index (κ2) is 8.05. The van der Waals surface area contributed by atoms with Gasteiger partial charge in [0.15, 0.2) is 0 Å². The third-order valence-corrected chi connectivity index (χ3v) is 4.67. The lowest BCUT2D eigenvalue weighted by atomic mass is 10.00. The molecule has 0 bridgehead atoms. The van der Waals surface area contributed by atoms with Gasteiger partial charge in [0.05, 0.1) is 16.2 Å². The fraction of sp³-hybridized carbons (Fsp3) is 0.368. The summed E-state index contributed by atoms with van der Waals surface area (Å²) in [5.41, 5.74) is 3.37. The lowest BCUT2D eigenvalue weighted by molar-refractivity contribution is -0.385. The SMILES string of the molecule is Cc1ncc([N+](=O)[O-])cc1C(=O)NCCCN1CCc2ccccc2C1. The van der Waals surface area contributed by atoms with Gasteiger partial charge in [0.2, 0.25) is 0 Å². The second-order valence-electron chi connectivity index (χ2n) is 6.49. The van der Waals surface area contributed by atoms with Crippen LogP contribution in [0.25, 0.3) is 0 Å². The zero-order valence-electron chi connectivity index (χ0n) is 14.8. The van der Waals surface area contributed by atoms with Gasteiger partial charge in [0, 0.05) is 32.2 Å². The van der Waals surface area contributed by atoms with E-state index in [0.717, 1.165) is 32.5 Å². The van der Waals surface area contributed by atoms with E-state index in [1.54, 1.807) is 6.92 Å². The molecule has 1 aromatic carbocycles. The van der Waals surface area contributed by atoms with Crippen molar-refractivity contribution in [1.29, 1.82) is 0 Å². The van der Waals surface area contributed by atoms with Crippen molar-refractivity contribution in [1.82, 2.24) is 15.2 Å². The highest BCUT2D eigenvalue weighted by Crippen LogP contribution is 2.18. The Morgan fingerprint density at radius 1 is 1.35 bits per heavy atom. The van der Waals surface area contributed by atoms with E-state index in [2.05, 4.69) is 39.5 Å². The summed E-state index contributed by atoms with van der Waals surface area (Å²) in [6, 6.07) is 9.77. The fourth-order valence-corrected chi connectivity index (χ4v) is 3.20. The van der Waals surface area contributed by atoms with Crippen LogP contribution in [-0.2, 0) is 13.0 Å². The van der Waals surface area contributed by atoms with Gasteiger partial charge in [-0.15, -0.1) is 0 Å². The average Bonchev–Trinajstić information content (AvgIpc) is 2.65. The molecule has 1 aromatic heterocycles. The van der Waals surface area contributed by atoms with Gasteiger partial charge in [0.1, 0.15) is 6.20 Å². The number of hydrogen-bond donors (Lipinski definition) is 1. The lowest BCUT2D eigenvalue weighted by Crippen LogP contribution is -2.33. The number of benzene rings is 1. The van der Waals surface area contributed by atoms with Gasteiger partial charge in [-0.3, -0.25) is 24.8 Å². The molecule has 0 spiro atoms. The Bertz CT molecular complexity index is 822. The van der Waals surface area contributed by atoms with Crippen LogP contribution in [-0.4, -0.2) is 40.3 Å². The number of pyridine rings is 1. The number of carbonyl (C=O) groups is 1. The molecule has 0 radical (unpaired) electrons. The summed E-state index contributed by atoms with van der Waals surface area (Å²) in [5, 5.41) is 13.7. The summed E-state index contributed by atoms with van der Waals surface area (Å²) in [6.07, 6.45) is 3.05. The Kier molecular flexibility index (Phi) is 5.58. The van der Waals surface area contributed by atoms with E-state index in [1.165, 1.54) is 23.4 Å². The maximum absolute atomic E-state index is 12.3. The van der Waals surface area contributed by atoms with Crippen LogP contribution in [0.3, 0.4) is 0 Å². The van der Waals surface area contributed by atoms with Crippen LogP contribution in [0.15, 0.2) is 36.5 Å². The maximum atomic E-state index is 12.3. The van der Waals surface area contributed by atoms with Crippen LogP contribution < -0.4 is 5.32 Å². The Morgan fingerprint density at radius 2 is 2.12 bits per heavy atom. The summed E-state index contributed by atoms with van der Waals surface area (Å²) in [7, 11) is 0. The number of rotatable bonds is 6. The number of nitro groups is 1. The average molecular weight is 354 g/mol. The molecule has 1 aliphatic rings. The zero-order chi connectivity index (χ0) is 18.5. The Balaban J connectivity index is 1.48. The highest BCUT2D eigenvalue weighted by Gasteiger charge is 2.17. The van der Waals surface area contributed by atoms with E-state index in [-0.39, 0.29) is 17.2 Å². The largest absolute Gasteiger partial charge is 0.352 e. The number of nitrogens with one attached hydrogen (secondary N) is 1. The summed E-state index contributed by atoms with van der Waals surface area (Å²) in [5.74, 6) is -0.317. The number of aryl methyl sites for hydroxylation is 1. The molecule has 2 heterocycles. The van der Waals surface area contributed by atoms with Gasteiger partial charge >= 0.3 is 0 Å². The molecule has 3 rings (SSSR count). The molecule has 7 heteroatoms. The van der Waals surface area contributed by atoms with Crippen LogP contribution in [0.4, 0.5) is 5.69 Å². The first-order valence-electron chi connectivity index (χ1n) is 8.73. The highest BCUT2D eigenvalue weighted by molar-refractivity contribution is 5.95. The van der Waals surface area contributed by atoms with Crippen molar-refractivity contribution in [2.45, 2.75) is 26.3 Å². The minimum absolute atomic E-state index is 0.173. The monoisotopic (exact) mass is 354 g/mol. The molecule has 1 amide bonds. The predicted octanol–water partition coefficient (Wildman–Crippen LogP) is 2.48. The molecule has 0 saturated heterocycles. The summed E-state index contributed by atoms with van der Waals surface area (Å²) in [6.45, 7) is 5.07. The Morgan fingerprint density at radius 3 is 2.88 bits per heavy atom. The van der Waals surface area contributed by atoms with Gasteiger partial charge in [-0.05, 0) is 30.9 Å². The predicted molar refractivity (Wildman–Crippen MR) is 98.0 cm³/mol. The first-order valence-corrected chi connectivity index (χ1v) is 8.73. The highest BCUT2D eigenvalue weighted by atomic mass is 16.6. The molecular formula is C19H22N4O3. The summed E-state index contributed by atoms with van der Waals surface area (Å²) >= 11 is 0. The molecule has 0 aliphatic carbocycles. The molecule has 2 aromatic rings. The number of hydrogen-bond acceptors (Lipinski definition) is 5. The third-order valence-electron chi connectivity index (χ3n) is 4.67. The Labute approximate surface area is 152 Å². The van der Waals surface area contributed by atoms with E-state index in [4.69, 9.17) is 0 Å². The van der Waals surface area contributed by atoms with Gasteiger partial charge in [-0.1, -0.05) is 24.3 Å². The number of nitrogens with zero attached hydrogens (tertiary/aromatic N) is 3. The molecule has 0 atom stereocenters. The lowest BCUT2D eigenvalue weighted by Gasteiger charge is -2.28. The van der Waals surface area contributed by atoms with E-state index in [9.17, 15) is 14.9 Å². The number of amides is 1. The molecular weight excluding hydrogens is 332 g/mol. The van der Waals surface area contributed by atoms with Gasteiger partial charge < -0.3 is 5.32 Å². The number of aromatic nitrogens is 1. The van der Waals surface area contributed by atoms with Crippen LogP contribution in [0.2, 0.25) is 0 Å². The molecule has 0 fully saturated rings. The van der Waals surface area contributed by atoms with E-state index in [1.807, 2.05) is 0 Å². The van der Waals surface area contributed by atoms with Crippen LogP contribution >= 0.6 is 0 Å². The van der Waals surface area contributed by atoms with Gasteiger partial charge in [-0.2, -0.15) is 0 Å². The van der Waals surface area contributed by atoms with Crippen LogP contribution in [0, 0.1) is 17.0 Å². The van der Waals surface area contributed by atoms with Gasteiger partial charge in [-0.25, -0.2) is 0 Å². The molecule has 7 nitrogen and oxygen atoms in total. The van der Waals surface area contributed by atoms with Crippen LogP contribution in [0.1, 0.15) is 33.6 Å². The summed E-state index contributed by atoms with van der Waals surface area (Å²) in [4.78, 5) is 28.9. The van der Waals surface area contributed by atoms with Crippen molar-refractivity contribution in [3.8, 4) is 0 Å². The molecule has 26 heavy (non-hydrogen) atoms. The van der Waals surface area contributed by atoms with E-state index in [0.29, 0.717) is 12.2 Å². The van der Waals surface area contributed by atoms with Crippen molar-refractivity contribution in [3.05, 3.63) is 69.0 Å². The standard InChI is InChI=1S/C19H22N4O3/c1-14-18(11-17(12-21-14)23(25)26)19(24)20-8-4-9-22-10-7-15-5-2-3-6-16(15)13-22/h2-3,5-6,11-12H,4,7-10,13H2,1H3,(H,20,24). The quantitative estimate of drug-likeness (QED) is 0.489. The van der Waals surface area contributed by atoms with Crippen LogP contribution in [0.5, 0.6) is 0 Å². The molecule has 0 unspecified atom stereocenters. The van der Waals surface area contributed by atoms with E-state index < -0.39 is 4.92 Å². The zero-order valence-corrected chi connectivity index (χ0v) is 14.8. The first kappa shape index (κ1) is 18.0. The van der Waals surface area contributed by atoms with Crippen molar-refractivity contribution >= 4 is 11.6 Å². The van der Waals surface area contributed by atoms with Gasteiger partial charge in [0.25, 0.3) is 11.6 Å². The topological polar surface area (TPSA) is 88.4 Å². The normalized spacial score (nSPS) is 13.9. The molecule has 0 saturated carbocycles. The minimum atomic E-state index is -0.544. The third kappa shape index (κ3) is 4.23. The smallest absolute Gasteiger partial charge is 0.288 e. The molecule has 1 aliphatic heterocycles. The maximum Gasteiger partial charge on any atom is 0.288 e. The van der Waals surface area contributed by atoms with Crippen molar-refractivity contribution < 1.29 is 9.72 Å². The number of fused-ring (bicyclic) bond motifs is 1. The molecule has 136 valence electrons. The first-order chi connectivity index (χ1) is 12.5. The Hall–Kier alpha value is -2.80. The van der Waals surface area contributed by atoms with Crippen molar-refractivity contribution in [2.24, 2.45) is 0 Å². The fourth-order valence-electron chi connectivity index (χ4n) is 3.20. The van der Waals surface area contributed by atoms with Crippen molar-refractivity contribution in [2.75, 3.05) is 19.6 Å². The van der Waals surface area contributed by atoms with Crippen molar-refractivity contribution in [3.63, 3.8) is 0 Å².